The summed E-state index contributed by atoms with van der Waals surface area (Å²) >= 11 is 0. The van der Waals surface area contributed by atoms with Crippen LogP contribution in [0.2, 0.25) is 0 Å². The van der Waals surface area contributed by atoms with E-state index in [1.54, 1.807) is 0 Å². The molecule has 2 aromatic rings. The van der Waals surface area contributed by atoms with Crippen molar-refractivity contribution in [2.75, 3.05) is 0 Å². The third-order valence-corrected chi connectivity index (χ3v) is 3.34. The number of hydrogen-bond donors (Lipinski definition) is 1. The van der Waals surface area contributed by atoms with Crippen LogP contribution in [0.3, 0.4) is 0 Å². The van der Waals surface area contributed by atoms with Gasteiger partial charge in [-0.25, -0.2) is 0 Å². The van der Waals surface area contributed by atoms with Gasteiger partial charge < -0.3 is 10.3 Å². The van der Waals surface area contributed by atoms with Crippen molar-refractivity contribution in [2.45, 2.75) is 25.4 Å². The van der Waals surface area contributed by atoms with Crippen LogP contribution in [0.15, 0.2) is 42.5 Å². The maximum absolute atomic E-state index is 5.98. The fourth-order valence-corrected chi connectivity index (χ4v) is 2.48. The van der Waals surface area contributed by atoms with E-state index in [0.29, 0.717) is 6.04 Å². The molecule has 0 amide bonds. The smallest absolute Gasteiger partial charge is 0.0482 e. The third kappa shape index (κ3) is 1.55. The van der Waals surface area contributed by atoms with Crippen molar-refractivity contribution in [3.05, 3.63) is 48.2 Å². The summed E-state index contributed by atoms with van der Waals surface area (Å²) < 4.78 is 2.40. The molecule has 1 atom stereocenters. The van der Waals surface area contributed by atoms with Gasteiger partial charge in [-0.1, -0.05) is 30.3 Å². The van der Waals surface area contributed by atoms with Crippen LogP contribution >= 0.6 is 0 Å². The molecule has 2 heteroatoms. The summed E-state index contributed by atoms with van der Waals surface area (Å²) in [4.78, 5) is 0. The van der Waals surface area contributed by atoms with Crippen molar-refractivity contribution in [1.29, 1.82) is 0 Å². The van der Waals surface area contributed by atoms with Crippen molar-refractivity contribution in [1.82, 2.24) is 4.57 Å². The van der Waals surface area contributed by atoms with Crippen LogP contribution in [0.5, 0.6) is 0 Å². The van der Waals surface area contributed by atoms with E-state index in [9.17, 15) is 0 Å². The Labute approximate surface area is 95.7 Å². The Hall–Kier alpha value is -1.54. The average molecular weight is 212 g/mol. The lowest BCUT2D eigenvalue weighted by Crippen LogP contribution is -2.30. The monoisotopic (exact) mass is 212 g/mol. The number of aromatic nitrogens is 1. The van der Waals surface area contributed by atoms with E-state index in [-0.39, 0.29) is 0 Å². The molecule has 1 aromatic heterocycles. The molecular weight excluding hydrogens is 196 g/mol. The van der Waals surface area contributed by atoms with E-state index in [1.807, 2.05) is 0 Å². The topological polar surface area (TPSA) is 30.9 Å². The molecule has 0 saturated carbocycles. The van der Waals surface area contributed by atoms with E-state index in [0.717, 1.165) is 19.4 Å². The highest BCUT2D eigenvalue weighted by Crippen LogP contribution is 2.26. The molecule has 0 unspecified atom stereocenters. The normalized spacial score (nSPS) is 19.4. The van der Waals surface area contributed by atoms with Crippen molar-refractivity contribution in [3.8, 4) is 11.3 Å². The van der Waals surface area contributed by atoms with Gasteiger partial charge >= 0.3 is 0 Å². The van der Waals surface area contributed by atoms with Gasteiger partial charge in [0.2, 0.25) is 0 Å². The van der Waals surface area contributed by atoms with Gasteiger partial charge in [-0.2, -0.15) is 0 Å². The minimum absolute atomic E-state index is 0.339. The molecular formula is C14H16N2. The highest BCUT2D eigenvalue weighted by Gasteiger charge is 2.17. The molecule has 2 heterocycles. The zero-order valence-corrected chi connectivity index (χ0v) is 9.26. The summed E-state index contributed by atoms with van der Waals surface area (Å²) in [5, 5.41) is 0. The maximum Gasteiger partial charge on any atom is 0.0482 e. The van der Waals surface area contributed by atoms with E-state index in [1.165, 1.54) is 17.0 Å². The molecule has 0 aliphatic carbocycles. The molecule has 1 aromatic carbocycles. The van der Waals surface area contributed by atoms with E-state index in [2.05, 4.69) is 47.0 Å². The van der Waals surface area contributed by atoms with Crippen LogP contribution in [0.25, 0.3) is 11.3 Å². The Morgan fingerprint density at radius 3 is 2.69 bits per heavy atom. The lowest BCUT2D eigenvalue weighted by atomic mass is 10.1. The lowest BCUT2D eigenvalue weighted by Gasteiger charge is -2.23. The number of fused-ring (bicyclic) bond motifs is 1. The first kappa shape index (κ1) is 9.67. The molecule has 16 heavy (non-hydrogen) atoms. The highest BCUT2D eigenvalue weighted by molar-refractivity contribution is 5.61. The Kier molecular flexibility index (Phi) is 2.29. The average Bonchev–Trinajstić information content (AvgIpc) is 2.73. The van der Waals surface area contributed by atoms with Crippen LogP contribution in [-0.4, -0.2) is 10.6 Å². The quantitative estimate of drug-likeness (QED) is 0.773. The van der Waals surface area contributed by atoms with Crippen molar-refractivity contribution in [3.63, 3.8) is 0 Å². The van der Waals surface area contributed by atoms with Crippen LogP contribution in [0, 0.1) is 0 Å². The number of hydrogen-bond acceptors (Lipinski definition) is 1. The number of nitrogens with two attached hydrogens (primary N) is 1. The predicted octanol–water partition coefficient (Wildman–Crippen LogP) is 2.43. The first-order valence-electron chi connectivity index (χ1n) is 5.84. The molecule has 0 saturated heterocycles. The predicted molar refractivity (Wildman–Crippen MR) is 66.2 cm³/mol. The molecule has 2 N–H and O–H groups in total. The molecule has 0 fully saturated rings. The van der Waals surface area contributed by atoms with Gasteiger partial charge in [-0.05, 0) is 24.1 Å². The van der Waals surface area contributed by atoms with Gasteiger partial charge in [-0.15, -0.1) is 0 Å². The molecule has 0 bridgehead atoms. The first-order chi connectivity index (χ1) is 7.84. The fraction of sp³-hybridized carbons (Fsp3) is 0.286. The van der Waals surface area contributed by atoms with Crippen LogP contribution in [-0.2, 0) is 13.0 Å². The van der Waals surface area contributed by atoms with Crippen molar-refractivity contribution >= 4 is 0 Å². The Morgan fingerprint density at radius 1 is 1.06 bits per heavy atom. The van der Waals surface area contributed by atoms with Gasteiger partial charge in [0.05, 0.1) is 0 Å². The number of nitrogens with zero attached hydrogens (tertiary/aromatic N) is 1. The summed E-state index contributed by atoms with van der Waals surface area (Å²) in [6.45, 7) is 1.05. The second kappa shape index (κ2) is 3.80. The SMILES string of the molecule is N[C@H]1CCn2c(ccc2-c2ccccc2)C1. The second-order valence-electron chi connectivity index (χ2n) is 4.48. The summed E-state index contributed by atoms with van der Waals surface area (Å²) in [6, 6.07) is 15.3. The Morgan fingerprint density at radius 2 is 1.88 bits per heavy atom. The zero-order chi connectivity index (χ0) is 11.0. The number of benzene rings is 1. The van der Waals surface area contributed by atoms with Gasteiger partial charge in [0.1, 0.15) is 0 Å². The van der Waals surface area contributed by atoms with Gasteiger partial charge in [-0.3, -0.25) is 0 Å². The molecule has 0 spiro atoms. The Bertz CT molecular complexity index is 485. The number of rotatable bonds is 1. The summed E-state index contributed by atoms with van der Waals surface area (Å²) in [7, 11) is 0. The first-order valence-corrected chi connectivity index (χ1v) is 5.84. The fourth-order valence-electron chi connectivity index (χ4n) is 2.48. The van der Waals surface area contributed by atoms with E-state index >= 15 is 0 Å². The largest absolute Gasteiger partial charge is 0.345 e. The lowest BCUT2D eigenvalue weighted by molar-refractivity contribution is 0.475. The van der Waals surface area contributed by atoms with Gasteiger partial charge in [0.25, 0.3) is 0 Å². The summed E-state index contributed by atoms with van der Waals surface area (Å²) in [5.74, 6) is 0. The van der Waals surface area contributed by atoms with Crippen LogP contribution in [0.1, 0.15) is 12.1 Å². The zero-order valence-electron chi connectivity index (χ0n) is 9.26. The van der Waals surface area contributed by atoms with Crippen molar-refractivity contribution < 1.29 is 0 Å². The molecule has 2 nitrogen and oxygen atoms in total. The summed E-state index contributed by atoms with van der Waals surface area (Å²) in [6.07, 6.45) is 2.09. The summed E-state index contributed by atoms with van der Waals surface area (Å²) in [5.41, 5.74) is 9.97. The van der Waals surface area contributed by atoms with Gasteiger partial charge in [0.15, 0.2) is 0 Å². The van der Waals surface area contributed by atoms with E-state index < -0.39 is 0 Å². The van der Waals surface area contributed by atoms with E-state index in [4.69, 9.17) is 5.73 Å². The van der Waals surface area contributed by atoms with Crippen molar-refractivity contribution in [2.24, 2.45) is 5.73 Å². The molecule has 1 aliphatic heterocycles. The minimum Gasteiger partial charge on any atom is -0.345 e. The molecule has 1 aliphatic rings. The Balaban J connectivity index is 2.04. The second-order valence-corrected chi connectivity index (χ2v) is 4.48. The maximum atomic E-state index is 5.98. The van der Waals surface area contributed by atoms with Crippen LogP contribution < -0.4 is 5.73 Å². The third-order valence-electron chi connectivity index (χ3n) is 3.34. The van der Waals surface area contributed by atoms with Crippen LogP contribution in [0.4, 0.5) is 0 Å². The van der Waals surface area contributed by atoms with Gasteiger partial charge in [0, 0.05) is 30.4 Å². The minimum atomic E-state index is 0.339. The highest BCUT2D eigenvalue weighted by atomic mass is 15.0. The molecule has 82 valence electrons. The standard InChI is InChI=1S/C14H16N2/c15-12-8-9-16-13(10-12)6-7-14(16)11-4-2-1-3-5-11/h1-7,12H,8-10,15H2/t12-/m0/s1. The molecule has 3 rings (SSSR count). The molecule has 0 radical (unpaired) electrons.